The summed E-state index contributed by atoms with van der Waals surface area (Å²) in [6, 6.07) is 1.76. The summed E-state index contributed by atoms with van der Waals surface area (Å²) in [6.07, 6.45) is -2.24. The molecular formula is C12H12F3NO3S. The molecule has 0 aliphatic rings. The molecule has 4 nitrogen and oxygen atoms in total. The molecule has 1 amide bonds. The SMILES string of the molecule is CSc1cc(C(=O)NC(CC(F)F)C(=O)O)ccc1F. The fraction of sp³-hybridized carbons (Fsp3) is 0.333. The first-order chi connectivity index (χ1) is 9.35. The topological polar surface area (TPSA) is 66.4 Å². The summed E-state index contributed by atoms with van der Waals surface area (Å²) < 4.78 is 37.7. The van der Waals surface area contributed by atoms with Crippen molar-refractivity contribution in [3.8, 4) is 0 Å². The van der Waals surface area contributed by atoms with E-state index in [0.717, 1.165) is 23.9 Å². The van der Waals surface area contributed by atoms with Gasteiger partial charge in [0.1, 0.15) is 11.9 Å². The zero-order valence-corrected chi connectivity index (χ0v) is 11.2. The second-order valence-corrected chi connectivity index (χ2v) is 4.69. The maximum Gasteiger partial charge on any atom is 0.326 e. The quantitative estimate of drug-likeness (QED) is 0.792. The Morgan fingerprint density at radius 1 is 1.40 bits per heavy atom. The molecular weight excluding hydrogens is 295 g/mol. The number of nitrogens with one attached hydrogen (secondary N) is 1. The number of thioether (sulfide) groups is 1. The minimum atomic E-state index is -2.86. The van der Waals surface area contributed by atoms with Crippen molar-refractivity contribution in [2.45, 2.75) is 23.8 Å². The average molecular weight is 307 g/mol. The molecule has 1 aromatic carbocycles. The number of hydrogen-bond donors (Lipinski definition) is 2. The molecule has 1 aromatic rings. The maximum absolute atomic E-state index is 13.3. The van der Waals surface area contributed by atoms with Gasteiger partial charge in [-0.2, -0.15) is 0 Å². The van der Waals surface area contributed by atoms with Crippen LogP contribution in [0, 0.1) is 5.82 Å². The van der Waals surface area contributed by atoms with Gasteiger partial charge in [-0.25, -0.2) is 18.0 Å². The second kappa shape index (κ2) is 7.18. The van der Waals surface area contributed by atoms with Gasteiger partial charge in [0.2, 0.25) is 6.43 Å². The normalized spacial score (nSPS) is 12.2. The number of hydrogen-bond acceptors (Lipinski definition) is 3. The number of carbonyl (C=O) groups is 2. The van der Waals surface area contributed by atoms with Crippen LogP contribution in [0.1, 0.15) is 16.8 Å². The molecule has 0 spiro atoms. The summed E-state index contributed by atoms with van der Waals surface area (Å²) >= 11 is 1.07. The zero-order chi connectivity index (χ0) is 15.3. The van der Waals surface area contributed by atoms with E-state index in [-0.39, 0.29) is 10.5 Å². The number of carboxylic acids is 1. The van der Waals surface area contributed by atoms with Crippen LogP contribution in [0.2, 0.25) is 0 Å². The molecule has 0 bridgehead atoms. The highest BCUT2D eigenvalue weighted by Crippen LogP contribution is 2.20. The van der Waals surface area contributed by atoms with Crippen LogP contribution in [0.3, 0.4) is 0 Å². The van der Waals surface area contributed by atoms with Crippen molar-refractivity contribution in [1.29, 1.82) is 0 Å². The predicted octanol–water partition coefficient (Wildman–Crippen LogP) is 2.39. The van der Waals surface area contributed by atoms with Crippen molar-refractivity contribution in [2.24, 2.45) is 0 Å². The van der Waals surface area contributed by atoms with E-state index in [4.69, 9.17) is 5.11 Å². The number of alkyl halides is 2. The average Bonchev–Trinajstić information content (AvgIpc) is 2.37. The van der Waals surface area contributed by atoms with E-state index in [1.54, 1.807) is 6.26 Å². The van der Waals surface area contributed by atoms with Crippen molar-refractivity contribution in [1.82, 2.24) is 5.32 Å². The third-order valence-corrected chi connectivity index (χ3v) is 3.18. The molecule has 1 rings (SSSR count). The lowest BCUT2D eigenvalue weighted by atomic mass is 10.1. The second-order valence-electron chi connectivity index (χ2n) is 3.84. The lowest BCUT2D eigenvalue weighted by Crippen LogP contribution is -2.42. The smallest absolute Gasteiger partial charge is 0.326 e. The molecule has 0 saturated carbocycles. The third-order valence-electron chi connectivity index (χ3n) is 2.43. The van der Waals surface area contributed by atoms with E-state index in [2.05, 4.69) is 0 Å². The van der Waals surface area contributed by atoms with Gasteiger partial charge < -0.3 is 10.4 Å². The molecule has 1 unspecified atom stereocenters. The molecule has 0 aromatic heterocycles. The molecule has 2 N–H and O–H groups in total. The fourth-order valence-electron chi connectivity index (χ4n) is 1.44. The van der Waals surface area contributed by atoms with Gasteiger partial charge in [0.25, 0.3) is 5.91 Å². The Balaban J connectivity index is 2.86. The van der Waals surface area contributed by atoms with Gasteiger partial charge in [0, 0.05) is 16.9 Å². The van der Waals surface area contributed by atoms with Gasteiger partial charge in [-0.3, -0.25) is 4.79 Å². The van der Waals surface area contributed by atoms with Gasteiger partial charge >= 0.3 is 5.97 Å². The van der Waals surface area contributed by atoms with Crippen LogP contribution in [0.15, 0.2) is 23.1 Å². The van der Waals surface area contributed by atoms with Crippen LogP contribution in [0.25, 0.3) is 0 Å². The van der Waals surface area contributed by atoms with Crippen LogP contribution < -0.4 is 5.32 Å². The maximum atomic E-state index is 13.3. The molecule has 20 heavy (non-hydrogen) atoms. The largest absolute Gasteiger partial charge is 0.480 e. The van der Waals surface area contributed by atoms with Crippen molar-refractivity contribution in [2.75, 3.05) is 6.26 Å². The van der Waals surface area contributed by atoms with Crippen LogP contribution >= 0.6 is 11.8 Å². The van der Waals surface area contributed by atoms with Crippen molar-refractivity contribution >= 4 is 23.6 Å². The molecule has 110 valence electrons. The number of halogens is 3. The van der Waals surface area contributed by atoms with Crippen LogP contribution in [0.4, 0.5) is 13.2 Å². The molecule has 0 radical (unpaired) electrons. The van der Waals surface area contributed by atoms with E-state index in [1.807, 2.05) is 5.32 Å². The molecule has 0 aliphatic carbocycles. The predicted molar refractivity (Wildman–Crippen MR) is 67.7 cm³/mol. The first-order valence-electron chi connectivity index (χ1n) is 5.50. The fourth-order valence-corrected chi connectivity index (χ4v) is 1.95. The first kappa shape index (κ1) is 16.4. The summed E-state index contributed by atoms with van der Waals surface area (Å²) in [6.45, 7) is 0. The Hall–Kier alpha value is -1.70. The Morgan fingerprint density at radius 2 is 2.05 bits per heavy atom. The van der Waals surface area contributed by atoms with Crippen molar-refractivity contribution in [3.63, 3.8) is 0 Å². The third kappa shape index (κ3) is 4.44. The van der Waals surface area contributed by atoms with Crippen molar-refractivity contribution in [3.05, 3.63) is 29.6 Å². The Morgan fingerprint density at radius 3 is 2.55 bits per heavy atom. The summed E-state index contributed by atoms with van der Waals surface area (Å²) in [4.78, 5) is 22.7. The van der Waals surface area contributed by atoms with Gasteiger partial charge in [0.15, 0.2) is 0 Å². The van der Waals surface area contributed by atoms with E-state index < -0.39 is 36.6 Å². The first-order valence-corrected chi connectivity index (χ1v) is 6.73. The highest BCUT2D eigenvalue weighted by molar-refractivity contribution is 7.98. The Labute approximate surface area is 117 Å². The van der Waals surface area contributed by atoms with E-state index in [9.17, 15) is 22.8 Å². The summed E-state index contributed by atoms with van der Waals surface area (Å²) in [5.41, 5.74) is 0.0104. The minimum Gasteiger partial charge on any atom is -0.480 e. The molecule has 0 fully saturated rings. The van der Waals surface area contributed by atoms with Crippen molar-refractivity contribution < 1.29 is 27.9 Å². The van der Waals surface area contributed by atoms with E-state index >= 15 is 0 Å². The van der Waals surface area contributed by atoms with Gasteiger partial charge in [-0.1, -0.05) is 0 Å². The Kier molecular flexibility index (Phi) is 5.87. The number of rotatable bonds is 6. The summed E-state index contributed by atoms with van der Waals surface area (Å²) in [5.74, 6) is -2.91. The van der Waals surface area contributed by atoms with Crippen LogP contribution in [0.5, 0.6) is 0 Å². The number of carbonyl (C=O) groups excluding carboxylic acids is 1. The van der Waals surface area contributed by atoms with E-state index in [0.29, 0.717) is 0 Å². The molecule has 1 atom stereocenters. The van der Waals surface area contributed by atoms with Gasteiger partial charge in [-0.05, 0) is 24.5 Å². The minimum absolute atomic E-state index is 0.0104. The summed E-state index contributed by atoms with van der Waals surface area (Å²) in [5, 5.41) is 10.7. The molecule has 0 heterocycles. The standard InChI is InChI=1S/C12H12F3NO3S/c1-20-9-4-6(2-3-7(9)13)11(17)16-8(12(18)19)5-10(14)15/h2-4,8,10H,5H2,1H3,(H,16,17)(H,18,19). The number of aliphatic carboxylic acids is 1. The lowest BCUT2D eigenvalue weighted by molar-refractivity contribution is -0.140. The molecule has 0 saturated heterocycles. The number of amides is 1. The van der Waals surface area contributed by atoms with E-state index in [1.165, 1.54) is 6.07 Å². The van der Waals surface area contributed by atoms with Crippen LogP contribution in [-0.2, 0) is 4.79 Å². The molecule has 8 heteroatoms. The zero-order valence-electron chi connectivity index (χ0n) is 10.4. The highest BCUT2D eigenvalue weighted by atomic mass is 32.2. The summed E-state index contributed by atoms with van der Waals surface area (Å²) in [7, 11) is 0. The Bertz CT molecular complexity index is 511. The van der Waals surface area contributed by atoms with Crippen LogP contribution in [-0.4, -0.2) is 35.7 Å². The lowest BCUT2D eigenvalue weighted by Gasteiger charge is -2.14. The van der Waals surface area contributed by atoms with Gasteiger partial charge in [-0.15, -0.1) is 11.8 Å². The molecule has 0 aliphatic heterocycles. The van der Waals surface area contributed by atoms with Gasteiger partial charge in [0.05, 0.1) is 0 Å². The number of benzene rings is 1. The highest BCUT2D eigenvalue weighted by Gasteiger charge is 2.24. The number of carboxylic acid groups (broad SMARTS) is 1. The monoisotopic (exact) mass is 307 g/mol.